The van der Waals surface area contributed by atoms with E-state index in [-0.39, 0.29) is 19.2 Å². The molecule has 2 unspecified atom stereocenters. The number of aliphatic hydroxyl groups is 1. The highest BCUT2D eigenvalue weighted by molar-refractivity contribution is 5.67. The van der Waals surface area contributed by atoms with E-state index >= 15 is 0 Å². The molecule has 5 heteroatoms. The van der Waals surface area contributed by atoms with Crippen LogP contribution in [0.15, 0.2) is 30.3 Å². The number of nitrogens with one attached hydrogen (secondary N) is 1. The number of nitrogens with two attached hydrogens (primary N) is 1. The monoisotopic (exact) mass is 252 g/mol. The van der Waals surface area contributed by atoms with Crippen molar-refractivity contribution in [3.63, 3.8) is 0 Å². The molecule has 0 heterocycles. The van der Waals surface area contributed by atoms with Crippen LogP contribution in [0.3, 0.4) is 0 Å². The van der Waals surface area contributed by atoms with E-state index in [0.717, 1.165) is 5.56 Å². The molecule has 0 radical (unpaired) electrons. The summed E-state index contributed by atoms with van der Waals surface area (Å²) in [5.41, 5.74) is 6.45. The maximum Gasteiger partial charge on any atom is 0.407 e. The Hall–Kier alpha value is -1.59. The third-order valence-electron chi connectivity index (χ3n) is 2.34. The van der Waals surface area contributed by atoms with Crippen LogP contribution in [0.1, 0.15) is 18.9 Å². The Morgan fingerprint density at radius 1 is 1.44 bits per heavy atom. The van der Waals surface area contributed by atoms with Crippen molar-refractivity contribution in [1.82, 2.24) is 5.32 Å². The summed E-state index contributed by atoms with van der Waals surface area (Å²) < 4.78 is 4.99. The molecule has 0 aliphatic rings. The van der Waals surface area contributed by atoms with Crippen LogP contribution in [-0.2, 0) is 11.3 Å². The van der Waals surface area contributed by atoms with Crippen molar-refractivity contribution in [1.29, 1.82) is 0 Å². The predicted octanol–water partition coefficient (Wildman–Crippen LogP) is 1.01. The van der Waals surface area contributed by atoms with Crippen LogP contribution in [0.2, 0.25) is 0 Å². The van der Waals surface area contributed by atoms with Crippen molar-refractivity contribution < 1.29 is 14.6 Å². The zero-order valence-electron chi connectivity index (χ0n) is 10.5. The average molecular weight is 252 g/mol. The number of aliphatic hydroxyl groups excluding tert-OH is 1. The molecular formula is C13H20N2O3. The first-order valence-electron chi connectivity index (χ1n) is 5.96. The molecule has 1 rings (SSSR count). The summed E-state index contributed by atoms with van der Waals surface area (Å²) in [5, 5.41) is 12.0. The van der Waals surface area contributed by atoms with Crippen molar-refractivity contribution in [2.45, 2.75) is 32.1 Å². The molecule has 1 amide bonds. The van der Waals surface area contributed by atoms with E-state index in [9.17, 15) is 9.90 Å². The quantitative estimate of drug-likeness (QED) is 0.705. The van der Waals surface area contributed by atoms with Gasteiger partial charge in [-0.15, -0.1) is 0 Å². The van der Waals surface area contributed by atoms with Crippen LogP contribution in [0.4, 0.5) is 4.79 Å². The number of alkyl carbamates (subject to hydrolysis) is 1. The lowest BCUT2D eigenvalue weighted by Crippen LogP contribution is -2.35. The van der Waals surface area contributed by atoms with Gasteiger partial charge in [-0.3, -0.25) is 0 Å². The van der Waals surface area contributed by atoms with Gasteiger partial charge in [-0.1, -0.05) is 30.3 Å². The zero-order chi connectivity index (χ0) is 13.4. The Kier molecular flexibility index (Phi) is 6.18. The molecule has 0 aliphatic carbocycles. The fourth-order valence-electron chi connectivity index (χ4n) is 1.49. The molecule has 0 aliphatic heterocycles. The van der Waals surface area contributed by atoms with Crippen molar-refractivity contribution in [2.24, 2.45) is 5.73 Å². The topological polar surface area (TPSA) is 84.6 Å². The molecule has 2 atom stereocenters. The molecule has 0 spiro atoms. The fourth-order valence-corrected chi connectivity index (χ4v) is 1.49. The summed E-state index contributed by atoms with van der Waals surface area (Å²) in [6, 6.07) is 9.30. The first-order chi connectivity index (χ1) is 8.58. The maximum atomic E-state index is 11.3. The number of hydrogen-bond donors (Lipinski definition) is 3. The minimum Gasteiger partial charge on any atom is -0.445 e. The molecule has 0 aromatic heterocycles. The number of amides is 1. The van der Waals surface area contributed by atoms with E-state index in [1.54, 1.807) is 6.92 Å². The van der Waals surface area contributed by atoms with Crippen molar-refractivity contribution in [3.8, 4) is 0 Å². The molecule has 0 fully saturated rings. The van der Waals surface area contributed by atoms with Crippen molar-refractivity contribution in [2.75, 3.05) is 6.54 Å². The standard InChI is InChI=1S/C13H20N2O3/c1-10(14)7-12(16)8-15-13(17)18-9-11-5-3-2-4-6-11/h2-6,10,12,16H,7-9,14H2,1H3,(H,15,17). The van der Waals surface area contributed by atoms with Crippen LogP contribution in [-0.4, -0.2) is 29.9 Å². The minimum atomic E-state index is -0.644. The molecule has 4 N–H and O–H groups in total. The Labute approximate surface area is 107 Å². The Morgan fingerprint density at radius 2 is 2.11 bits per heavy atom. The van der Waals surface area contributed by atoms with Crippen LogP contribution in [0, 0.1) is 0 Å². The molecule has 1 aromatic carbocycles. The highest BCUT2D eigenvalue weighted by Gasteiger charge is 2.09. The first kappa shape index (κ1) is 14.5. The summed E-state index contributed by atoms with van der Waals surface area (Å²) in [7, 11) is 0. The molecule has 1 aromatic rings. The Morgan fingerprint density at radius 3 is 2.72 bits per heavy atom. The number of rotatable bonds is 6. The summed E-state index contributed by atoms with van der Waals surface area (Å²) >= 11 is 0. The lowest BCUT2D eigenvalue weighted by molar-refractivity contribution is 0.121. The molecule has 5 nitrogen and oxygen atoms in total. The lowest BCUT2D eigenvalue weighted by Gasteiger charge is -2.13. The molecule has 0 bridgehead atoms. The Balaban J connectivity index is 2.18. The fraction of sp³-hybridized carbons (Fsp3) is 0.462. The average Bonchev–Trinajstić information content (AvgIpc) is 2.34. The summed E-state index contributed by atoms with van der Waals surface area (Å²) in [4.78, 5) is 11.3. The highest BCUT2D eigenvalue weighted by Crippen LogP contribution is 2.00. The van der Waals surface area contributed by atoms with Gasteiger partial charge >= 0.3 is 6.09 Å². The van der Waals surface area contributed by atoms with Gasteiger partial charge in [0, 0.05) is 12.6 Å². The summed E-state index contributed by atoms with van der Waals surface area (Å²) in [5.74, 6) is 0. The molecule has 0 saturated heterocycles. The van der Waals surface area contributed by atoms with Gasteiger partial charge in [0.15, 0.2) is 0 Å². The van der Waals surface area contributed by atoms with E-state index in [1.165, 1.54) is 0 Å². The van der Waals surface area contributed by atoms with Crippen LogP contribution >= 0.6 is 0 Å². The van der Waals surface area contributed by atoms with Crippen LogP contribution in [0.25, 0.3) is 0 Å². The third kappa shape index (κ3) is 6.22. The van der Waals surface area contributed by atoms with E-state index < -0.39 is 12.2 Å². The van der Waals surface area contributed by atoms with Gasteiger partial charge in [-0.2, -0.15) is 0 Å². The lowest BCUT2D eigenvalue weighted by atomic mass is 10.1. The SMILES string of the molecule is CC(N)CC(O)CNC(=O)OCc1ccccc1. The second-order valence-corrected chi connectivity index (χ2v) is 4.31. The van der Waals surface area contributed by atoms with Gasteiger partial charge in [0.1, 0.15) is 6.61 Å². The summed E-state index contributed by atoms with van der Waals surface area (Å²) in [6.07, 6.45) is -0.740. The van der Waals surface area contributed by atoms with E-state index in [2.05, 4.69) is 5.32 Å². The van der Waals surface area contributed by atoms with E-state index in [4.69, 9.17) is 10.5 Å². The highest BCUT2D eigenvalue weighted by atomic mass is 16.5. The van der Waals surface area contributed by atoms with Crippen LogP contribution < -0.4 is 11.1 Å². The van der Waals surface area contributed by atoms with Gasteiger partial charge in [0.25, 0.3) is 0 Å². The zero-order valence-corrected chi connectivity index (χ0v) is 10.5. The smallest absolute Gasteiger partial charge is 0.407 e. The first-order valence-corrected chi connectivity index (χ1v) is 5.96. The number of carbonyl (C=O) groups is 1. The second kappa shape index (κ2) is 7.68. The van der Waals surface area contributed by atoms with Gasteiger partial charge in [-0.25, -0.2) is 4.79 Å². The molecular weight excluding hydrogens is 232 g/mol. The predicted molar refractivity (Wildman–Crippen MR) is 68.9 cm³/mol. The van der Waals surface area contributed by atoms with Gasteiger partial charge in [0.05, 0.1) is 6.10 Å². The van der Waals surface area contributed by atoms with Gasteiger partial charge < -0.3 is 20.9 Å². The largest absolute Gasteiger partial charge is 0.445 e. The number of hydrogen-bond acceptors (Lipinski definition) is 4. The van der Waals surface area contributed by atoms with Gasteiger partial charge in [-0.05, 0) is 18.9 Å². The van der Waals surface area contributed by atoms with Crippen molar-refractivity contribution >= 4 is 6.09 Å². The molecule has 0 saturated carbocycles. The minimum absolute atomic E-state index is 0.0952. The summed E-state index contributed by atoms with van der Waals surface area (Å²) in [6.45, 7) is 2.17. The number of benzene rings is 1. The second-order valence-electron chi connectivity index (χ2n) is 4.31. The van der Waals surface area contributed by atoms with E-state index in [0.29, 0.717) is 6.42 Å². The normalized spacial score (nSPS) is 13.7. The maximum absolute atomic E-state index is 11.3. The molecule has 100 valence electrons. The third-order valence-corrected chi connectivity index (χ3v) is 2.34. The number of ether oxygens (including phenoxy) is 1. The van der Waals surface area contributed by atoms with Crippen molar-refractivity contribution in [3.05, 3.63) is 35.9 Å². The molecule has 18 heavy (non-hydrogen) atoms. The van der Waals surface area contributed by atoms with E-state index in [1.807, 2.05) is 30.3 Å². The van der Waals surface area contributed by atoms with Gasteiger partial charge in [0.2, 0.25) is 0 Å². The number of carbonyl (C=O) groups excluding carboxylic acids is 1. The van der Waals surface area contributed by atoms with Crippen LogP contribution in [0.5, 0.6) is 0 Å². The Bertz CT molecular complexity index is 355.